The van der Waals surface area contributed by atoms with Crippen molar-refractivity contribution in [3.05, 3.63) is 23.5 Å². The van der Waals surface area contributed by atoms with E-state index < -0.39 is 5.60 Å². The minimum Gasteiger partial charge on any atom is -0.466 e. The molecule has 0 bridgehead atoms. The Morgan fingerprint density at radius 3 is 2.55 bits per heavy atom. The van der Waals surface area contributed by atoms with E-state index in [1.165, 1.54) is 6.92 Å². The Balaban J connectivity index is 2.36. The van der Waals surface area contributed by atoms with Gasteiger partial charge in [-0.1, -0.05) is 0 Å². The van der Waals surface area contributed by atoms with E-state index in [2.05, 4.69) is 4.98 Å². The van der Waals surface area contributed by atoms with Crippen LogP contribution in [0, 0.1) is 0 Å². The number of ether oxygens (including phenoxy) is 2. The van der Waals surface area contributed by atoms with Crippen molar-refractivity contribution >= 4 is 11.9 Å². The molecule has 1 aromatic heterocycles. The summed E-state index contributed by atoms with van der Waals surface area (Å²) >= 11 is 0. The molecule has 5 nitrogen and oxygen atoms in total. The van der Waals surface area contributed by atoms with Gasteiger partial charge in [0, 0.05) is 18.8 Å². The third-order valence-electron chi connectivity index (χ3n) is 2.52. The topological polar surface area (TPSA) is 68.4 Å². The first kappa shape index (κ1) is 16.3. The van der Waals surface area contributed by atoms with Gasteiger partial charge in [-0.3, -0.25) is 4.79 Å². The average Bonchev–Trinajstić information content (AvgIpc) is 2.74. The summed E-state index contributed by atoms with van der Waals surface area (Å²) in [5.74, 6) is -0.572. The summed E-state index contributed by atoms with van der Waals surface area (Å²) in [6.45, 7) is 7.36. The van der Waals surface area contributed by atoms with E-state index in [-0.39, 0.29) is 11.9 Å². The van der Waals surface area contributed by atoms with Crippen molar-refractivity contribution in [2.75, 3.05) is 6.61 Å². The molecule has 1 N–H and O–H groups in total. The summed E-state index contributed by atoms with van der Waals surface area (Å²) in [5.41, 5.74) is 1.03. The molecule has 0 atom stereocenters. The lowest BCUT2D eigenvalue weighted by atomic mass is 10.1. The van der Waals surface area contributed by atoms with Crippen LogP contribution < -0.4 is 0 Å². The molecule has 20 heavy (non-hydrogen) atoms. The Labute approximate surface area is 119 Å². The van der Waals surface area contributed by atoms with E-state index in [0.29, 0.717) is 12.2 Å². The highest BCUT2D eigenvalue weighted by atomic mass is 16.6. The maximum Gasteiger partial charge on any atom is 0.340 e. The van der Waals surface area contributed by atoms with Crippen molar-refractivity contribution < 1.29 is 19.1 Å². The minimum absolute atomic E-state index is 0.253. The van der Waals surface area contributed by atoms with Crippen molar-refractivity contribution in [2.24, 2.45) is 0 Å². The second-order valence-electron chi connectivity index (χ2n) is 5.71. The number of rotatable bonds is 6. The molecule has 0 saturated carbocycles. The fraction of sp³-hybridized carbons (Fsp3) is 0.600. The van der Waals surface area contributed by atoms with Crippen LogP contribution in [0.5, 0.6) is 0 Å². The van der Waals surface area contributed by atoms with Crippen molar-refractivity contribution in [3.63, 3.8) is 0 Å². The van der Waals surface area contributed by atoms with Crippen molar-refractivity contribution in [1.82, 2.24) is 4.98 Å². The third-order valence-corrected chi connectivity index (χ3v) is 2.52. The molecule has 0 aliphatic heterocycles. The van der Waals surface area contributed by atoms with Crippen LogP contribution in [0.1, 0.15) is 56.6 Å². The van der Waals surface area contributed by atoms with Gasteiger partial charge in [0.2, 0.25) is 0 Å². The van der Waals surface area contributed by atoms with E-state index in [4.69, 9.17) is 9.47 Å². The number of hydrogen-bond acceptors (Lipinski definition) is 4. The number of hydrogen-bond donors (Lipinski definition) is 1. The van der Waals surface area contributed by atoms with Gasteiger partial charge < -0.3 is 14.5 Å². The summed E-state index contributed by atoms with van der Waals surface area (Å²) in [7, 11) is 0. The molecule has 0 radical (unpaired) electrons. The third kappa shape index (κ3) is 6.41. The molecule has 0 unspecified atom stereocenters. The number of unbranched alkanes of at least 4 members (excludes halogenated alkanes) is 1. The Morgan fingerprint density at radius 2 is 1.95 bits per heavy atom. The lowest BCUT2D eigenvalue weighted by Crippen LogP contribution is -2.23. The normalized spacial score (nSPS) is 11.2. The maximum atomic E-state index is 11.8. The first-order chi connectivity index (χ1) is 9.28. The van der Waals surface area contributed by atoms with Gasteiger partial charge >= 0.3 is 11.9 Å². The van der Waals surface area contributed by atoms with Crippen LogP contribution in [-0.2, 0) is 20.7 Å². The van der Waals surface area contributed by atoms with E-state index >= 15 is 0 Å². The molecule has 0 aliphatic carbocycles. The van der Waals surface area contributed by atoms with Gasteiger partial charge in [0.05, 0.1) is 12.2 Å². The number of aryl methyl sites for hydroxylation is 1. The van der Waals surface area contributed by atoms with Gasteiger partial charge in [0.15, 0.2) is 0 Å². The number of aromatic nitrogens is 1. The molecule has 1 aromatic rings. The Hall–Kier alpha value is -1.78. The molecule has 0 aliphatic rings. The molecule has 1 heterocycles. The molecule has 0 saturated heterocycles. The molecule has 0 aromatic carbocycles. The predicted molar refractivity (Wildman–Crippen MR) is 75.5 cm³/mol. The van der Waals surface area contributed by atoms with Gasteiger partial charge in [-0.2, -0.15) is 0 Å². The van der Waals surface area contributed by atoms with Crippen LogP contribution in [0.15, 0.2) is 12.3 Å². The Bertz CT molecular complexity index is 457. The molecule has 112 valence electrons. The van der Waals surface area contributed by atoms with Crippen LogP contribution in [0.3, 0.4) is 0 Å². The van der Waals surface area contributed by atoms with Crippen LogP contribution in [0.25, 0.3) is 0 Å². The number of carbonyl (C=O) groups is 2. The van der Waals surface area contributed by atoms with Crippen molar-refractivity contribution in [1.29, 1.82) is 0 Å². The number of H-pyrrole nitrogens is 1. The summed E-state index contributed by atoms with van der Waals surface area (Å²) in [4.78, 5) is 25.5. The summed E-state index contributed by atoms with van der Waals surface area (Å²) in [6, 6.07) is 1.81. The van der Waals surface area contributed by atoms with Gasteiger partial charge in [0.1, 0.15) is 5.60 Å². The van der Waals surface area contributed by atoms with Gasteiger partial charge in [-0.15, -0.1) is 0 Å². The molecule has 0 amide bonds. The quantitative estimate of drug-likeness (QED) is 0.643. The predicted octanol–water partition coefficient (Wildman–Crippen LogP) is 2.86. The second-order valence-corrected chi connectivity index (χ2v) is 5.71. The fourth-order valence-electron chi connectivity index (χ4n) is 1.67. The van der Waals surface area contributed by atoms with Crippen molar-refractivity contribution in [3.8, 4) is 0 Å². The van der Waals surface area contributed by atoms with Gasteiger partial charge in [-0.25, -0.2) is 4.79 Å². The zero-order valence-electron chi connectivity index (χ0n) is 12.6. The molecule has 5 heteroatoms. The van der Waals surface area contributed by atoms with Gasteiger partial charge in [0.25, 0.3) is 0 Å². The van der Waals surface area contributed by atoms with E-state index in [0.717, 1.165) is 25.0 Å². The number of esters is 2. The standard InChI is InChI=1S/C15H23NO4/c1-11(17)19-8-6-5-7-13-9-12(10-16-13)14(18)20-15(2,3)4/h9-10,16H,5-8H2,1-4H3. The SMILES string of the molecule is CC(=O)OCCCCc1cc(C(=O)OC(C)(C)C)c[nH]1. The maximum absolute atomic E-state index is 11.8. The van der Waals surface area contributed by atoms with Crippen LogP contribution >= 0.6 is 0 Å². The Kier molecular flexibility index (Phi) is 5.80. The number of carbonyl (C=O) groups excluding carboxylic acids is 2. The molecular formula is C15H23NO4. The first-order valence-corrected chi connectivity index (χ1v) is 6.82. The zero-order valence-corrected chi connectivity index (χ0v) is 12.6. The zero-order chi connectivity index (χ0) is 15.2. The van der Waals surface area contributed by atoms with Crippen LogP contribution in [0.4, 0.5) is 0 Å². The molecular weight excluding hydrogens is 258 g/mol. The first-order valence-electron chi connectivity index (χ1n) is 6.82. The van der Waals surface area contributed by atoms with Crippen LogP contribution in [0.2, 0.25) is 0 Å². The average molecular weight is 281 g/mol. The summed E-state index contributed by atoms with van der Waals surface area (Å²) in [6.07, 6.45) is 4.17. The van der Waals surface area contributed by atoms with Gasteiger partial charge in [-0.05, 0) is 46.1 Å². The molecule has 1 rings (SSSR count). The highest BCUT2D eigenvalue weighted by Crippen LogP contribution is 2.14. The highest BCUT2D eigenvalue weighted by Gasteiger charge is 2.18. The van der Waals surface area contributed by atoms with Crippen LogP contribution in [-0.4, -0.2) is 29.1 Å². The van der Waals surface area contributed by atoms with E-state index in [9.17, 15) is 9.59 Å². The number of aromatic amines is 1. The molecule has 0 fully saturated rings. The highest BCUT2D eigenvalue weighted by molar-refractivity contribution is 5.89. The van der Waals surface area contributed by atoms with Crippen molar-refractivity contribution in [2.45, 2.75) is 52.6 Å². The largest absolute Gasteiger partial charge is 0.466 e. The summed E-state index contributed by atoms with van der Waals surface area (Å²) in [5, 5.41) is 0. The minimum atomic E-state index is -0.488. The summed E-state index contributed by atoms with van der Waals surface area (Å²) < 4.78 is 10.1. The molecule has 0 spiro atoms. The lowest BCUT2D eigenvalue weighted by Gasteiger charge is -2.18. The van der Waals surface area contributed by atoms with E-state index in [1.54, 1.807) is 12.3 Å². The smallest absolute Gasteiger partial charge is 0.340 e. The number of nitrogens with one attached hydrogen (secondary N) is 1. The van der Waals surface area contributed by atoms with E-state index in [1.807, 2.05) is 20.8 Å². The Morgan fingerprint density at radius 1 is 1.25 bits per heavy atom. The fourth-order valence-corrected chi connectivity index (χ4v) is 1.67. The lowest BCUT2D eigenvalue weighted by molar-refractivity contribution is -0.141. The second kappa shape index (κ2) is 7.12. The monoisotopic (exact) mass is 281 g/mol.